The molecule has 0 unspecified atom stereocenters. The smallest absolute Gasteiger partial charge is 0.256 e. The van der Waals surface area contributed by atoms with Crippen LogP contribution in [-0.2, 0) is 0 Å². The van der Waals surface area contributed by atoms with E-state index in [-0.39, 0.29) is 11.8 Å². The summed E-state index contributed by atoms with van der Waals surface area (Å²) < 4.78 is 0.907. The van der Waals surface area contributed by atoms with Crippen LogP contribution in [0.5, 0.6) is 0 Å². The van der Waals surface area contributed by atoms with E-state index in [0.717, 1.165) is 14.9 Å². The molecule has 3 aromatic carbocycles. The SMILES string of the molecule is O=C(Nc1ccccc1N1CCN(C(=O)c2ccc(Cl)cc2)CC1)c1ccccc1I. The van der Waals surface area contributed by atoms with Crippen LogP contribution in [0.3, 0.4) is 0 Å². The first-order chi connectivity index (χ1) is 15.0. The van der Waals surface area contributed by atoms with Gasteiger partial charge in [0.15, 0.2) is 0 Å². The van der Waals surface area contributed by atoms with Gasteiger partial charge in [0.2, 0.25) is 0 Å². The fourth-order valence-corrected chi connectivity index (χ4v) is 4.37. The lowest BCUT2D eigenvalue weighted by Gasteiger charge is -2.37. The van der Waals surface area contributed by atoms with Crippen LogP contribution >= 0.6 is 34.2 Å². The van der Waals surface area contributed by atoms with Gasteiger partial charge in [-0.15, -0.1) is 0 Å². The molecule has 1 heterocycles. The van der Waals surface area contributed by atoms with E-state index in [0.29, 0.717) is 42.3 Å². The second kappa shape index (κ2) is 9.70. The summed E-state index contributed by atoms with van der Waals surface area (Å²) in [5.41, 5.74) is 3.02. The fourth-order valence-electron chi connectivity index (χ4n) is 3.62. The Kier molecular flexibility index (Phi) is 6.77. The lowest BCUT2D eigenvalue weighted by atomic mass is 10.1. The van der Waals surface area contributed by atoms with Crippen molar-refractivity contribution >= 4 is 57.4 Å². The van der Waals surface area contributed by atoms with Crippen molar-refractivity contribution in [2.45, 2.75) is 0 Å². The zero-order valence-corrected chi connectivity index (χ0v) is 19.6. The van der Waals surface area contributed by atoms with Gasteiger partial charge in [0.25, 0.3) is 11.8 Å². The Morgan fingerprint density at radius 1 is 0.839 bits per heavy atom. The second-order valence-electron chi connectivity index (χ2n) is 7.24. The zero-order chi connectivity index (χ0) is 21.8. The first-order valence-electron chi connectivity index (χ1n) is 9.97. The number of hydrogen-bond acceptors (Lipinski definition) is 3. The Bertz CT molecular complexity index is 1100. The Balaban J connectivity index is 1.44. The molecule has 0 radical (unpaired) electrons. The normalized spacial score (nSPS) is 13.7. The van der Waals surface area contributed by atoms with Crippen LogP contribution in [0.25, 0.3) is 0 Å². The van der Waals surface area contributed by atoms with Gasteiger partial charge < -0.3 is 15.1 Å². The maximum absolute atomic E-state index is 12.8. The minimum atomic E-state index is -0.131. The minimum Gasteiger partial charge on any atom is -0.366 e. The number of rotatable bonds is 4. The number of amides is 2. The molecule has 1 fully saturated rings. The molecular formula is C24H21ClIN3O2. The second-order valence-corrected chi connectivity index (χ2v) is 8.84. The molecule has 5 nitrogen and oxygen atoms in total. The topological polar surface area (TPSA) is 52.7 Å². The fraction of sp³-hybridized carbons (Fsp3) is 0.167. The summed E-state index contributed by atoms with van der Waals surface area (Å²) in [6.45, 7) is 2.60. The molecule has 0 aromatic heterocycles. The van der Waals surface area contributed by atoms with Crippen LogP contribution in [-0.4, -0.2) is 42.9 Å². The third-order valence-electron chi connectivity index (χ3n) is 5.27. The molecule has 0 bridgehead atoms. The molecule has 2 amide bonds. The van der Waals surface area contributed by atoms with E-state index in [1.165, 1.54) is 0 Å². The van der Waals surface area contributed by atoms with Gasteiger partial charge in [0.05, 0.1) is 16.9 Å². The highest BCUT2D eigenvalue weighted by atomic mass is 127. The summed E-state index contributed by atoms with van der Waals surface area (Å²) in [6, 6.07) is 22.3. The van der Waals surface area contributed by atoms with Gasteiger partial charge in [-0.05, 0) is 71.1 Å². The number of anilines is 2. The first kappa shape index (κ1) is 21.6. The van der Waals surface area contributed by atoms with Crippen LogP contribution < -0.4 is 10.2 Å². The Hall–Kier alpha value is -2.58. The number of para-hydroxylation sites is 2. The van der Waals surface area contributed by atoms with Gasteiger partial charge in [0.1, 0.15) is 0 Å². The first-order valence-corrected chi connectivity index (χ1v) is 11.4. The van der Waals surface area contributed by atoms with E-state index in [1.54, 1.807) is 24.3 Å². The van der Waals surface area contributed by atoms with Crippen molar-refractivity contribution in [1.82, 2.24) is 4.90 Å². The van der Waals surface area contributed by atoms with Crippen molar-refractivity contribution in [1.29, 1.82) is 0 Å². The number of nitrogens with one attached hydrogen (secondary N) is 1. The maximum atomic E-state index is 12.8. The van der Waals surface area contributed by atoms with E-state index in [1.807, 2.05) is 53.4 Å². The molecule has 1 N–H and O–H groups in total. The van der Waals surface area contributed by atoms with E-state index >= 15 is 0 Å². The molecule has 1 saturated heterocycles. The molecule has 0 aliphatic carbocycles. The van der Waals surface area contributed by atoms with E-state index in [9.17, 15) is 9.59 Å². The largest absolute Gasteiger partial charge is 0.366 e. The quantitative estimate of drug-likeness (QED) is 0.461. The van der Waals surface area contributed by atoms with Crippen molar-refractivity contribution in [2.24, 2.45) is 0 Å². The molecule has 31 heavy (non-hydrogen) atoms. The van der Waals surface area contributed by atoms with Gasteiger partial charge in [0, 0.05) is 40.3 Å². The van der Waals surface area contributed by atoms with Crippen LogP contribution in [0.2, 0.25) is 5.02 Å². The number of benzene rings is 3. The van der Waals surface area contributed by atoms with Crippen molar-refractivity contribution in [3.05, 3.63) is 92.5 Å². The number of hydrogen-bond donors (Lipinski definition) is 1. The average Bonchev–Trinajstić information content (AvgIpc) is 2.80. The summed E-state index contributed by atoms with van der Waals surface area (Å²) in [4.78, 5) is 29.6. The van der Waals surface area contributed by atoms with Crippen LogP contribution in [0.1, 0.15) is 20.7 Å². The lowest BCUT2D eigenvalue weighted by Crippen LogP contribution is -2.49. The molecule has 158 valence electrons. The number of nitrogens with zero attached hydrogens (tertiary/aromatic N) is 2. The van der Waals surface area contributed by atoms with Crippen molar-refractivity contribution in [3.63, 3.8) is 0 Å². The Labute approximate surface area is 200 Å². The minimum absolute atomic E-state index is 0.0107. The summed E-state index contributed by atoms with van der Waals surface area (Å²) in [5, 5.41) is 3.67. The number of halogens is 2. The monoisotopic (exact) mass is 545 g/mol. The molecule has 0 saturated carbocycles. The van der Waals surface area contributed by atoms with Crippen molar-refractivity contribution in [2.75, 3.05) is 36.4 Å². The summed E-state index contributed by atoms with van der Waals surface area (Å²) in [6.07, 6.45) is 0. The van der Waals surface area contributed by atoms with Gasteiger partial charge >= 0.3 is 0 Å². The molecule has 0 spiro atoms. The molecule has 0 atom stereocenters. The van der Waals surface area contributed by atoms with Gasteiger partial charge in [-0.25, -0.2) is 0 Å². The number of carbonyl (C=O) groups is 2. The highest BCUT2D eigenvalue weighted by Gasteiger charge is 2.24. The third kappa shape index (κ3) is 5.02. The third-order valence-corrected chi connectivity index (χ3v) is 6.46. The maximum Gasteiger partial charge on any atom is 0.256 e. The summed E-state index contributed by atoms with van der Waals surface area (Å²) >= 11 is 8.09. The van der Waals surface area contributed by atoms with Crippen LogP contribution in [0.15, 0.2) is 72.8 Å². The predicted octanol–water partition coefficient (Wildman–Crippen LogP) is 5.16. The lowest BCUT2D eigenvalue weighted by molar-refractivity contribution is 0.0746. The van der Waals surface area contributed by atoms with E-state index in [2.05, 4.69) is 32.8 Å². The molecule has 1 aliphatic rings. The predicted molar refractivity (Wildman–Crippen MR) is 133 cm³/mol. The highest BCUT2D eigenvalue weighted by Crippen LogP contribution is 2.28. The molecule has 4 rings (SSSR count). The number of carbonyl (C=O) groups excluding carboxylic acids is 2. The zero-order valence-electron chi connectivity index (χ0n) is 16.7. The molecule has 1 aliphatic heterocycles. The van der Waals surface area contributed by atoms with E-state index in [4.69, 9.17) is 11.6 Å². The Morgan fingerprint density at radius 3 is 2.19 bits per heavy atom. The van der Waals surface area contributed by atoms with Crippen LogP contribution in [0.4, 0.5) is 11.4 Å². The highest BCUT2D eigenvalue weighted by molar-refractivity contribution is 14.1. The molecule has 7 heteroatoms. The molecular weight excluding hydrogens is 525 g/mol. The van der Waals surface area contributed by atoms with Gasteiger partial charge in [-0.3, -0.25) is 9.59 Å². The average molecular weight is 546 g/mol. The van der Waals surface area contributed by atoms with E-state index < -0.39 is 0 Å². The van der Waals surface area contributed by atoms with Crippen molar-refractivity contribution < 1.29 is 9.59 Å². The van der Waals surface area contributed by atoms with Gasteiger partial charge in [-0.2, -0.15) is 0 Å². The summed E-state index contributed by atoms with van der Waals surface area (Å²) in [7, 11) is 0. The number of piperazine rings is 1. The molecule has 3 aromatic rings. The summed E-state index contributed by atoms with van der Waals surface area (Å²) in [5.74, 6) is -0.120. The van der Waals surface area contributed by atoms with Gasteiger partial charge in [-0.1, -0.05) is 35.9 Å². The van der Waals surface area contributed by atoms with Crippen LogP contribution in [0, 0.1) is 3.57 Å². The Morgan fingerprint density at radius 2 is 1.48 bits per heavy atom. The standard InChI is InChI=1S/C24H21ClIN3O2/c25-18-11-9-17(10-12-18)24(31)29-15-13-28(14-16-29)22-8-4-3-7-21(22)27-23(30)19-5-1-2-6-20(19)26/h1-12H,13-16H2,(H,27,30). The van der Waals surface area contributed by atoms with Crippen molar-refractivity contribution in [3.8, 4) is 0 Å².